The zero-order valence-electron chi connectivity index (χ0n) is 23.0. The third kappa shape index (κ3) is 5.68. The molecular weight excluding hydrogens is 535 g/mol. The summed E-state index contributed by atoms with van der Waals surface area (Å²) < 4.78 is 45.0. The molecule has 0 unspecified atom stereocenters. The SMILES string of the molecule is CC1(C)NC(=O)[C@H](C[C@H](NC(=O)[C@@H]2[C@@H]3[C@H](CN2C(=O)[C@@H](NC(=O)C(F)(F)F)C(C)(C)C)[C@@H]2C=C[C@H]3C2)C(N)=O)O1. The lowest BCUT2D eigenvalue weighted by Gasteiger charge is -2.37. The van der Waals surface area contributed by atoms with Crippen LogP contribution in [0.1, 0.15) is 47.5 Å². The largest absolute Gasteiger partial charge is 0.471 e. The number of alkyl halides is 3. The lowest BCUT2D eigenvalue weighted by molar-refractivity contribution is -0.176. The molecule has 0 radical (unpaired) electrons. The summed E-state index contributed by atoms with van der Waals surface area (Å²) in [5.74, 6) is -5.59. The molecule has 2 aliphatic heterocycles. The molecule has 8 atom stereocenters. The van der Waals surface area contributed by atoms with Gasteiger partial charge in [-0.3, -0.25) is 24.0 Å². The molecule has 5 N–H and O–H groups in total. The van der Waals surface area contributed by atoms with Gasteiger partial charge < -0.3 is 31.3 Å². The summed E-state index contributed by atoms with van der Waals surface area (Å²) >= 11 is 0. The van der Waals surface area contributed by atoms with Crippen molar-refractivity contribution in [1.82, 2.24) is 20.9 Å². The topological polar surface area (TPSA) is 160 Å². The minimum atomic E-state index is -5.21. The molecule has 3 fully saturated rings. The lowest BCUT2D eigenvalue weighted by Crippen LogP contribution is -2.61. The van der Waals surface area contributed by atoms with Crippen LogP contribution < -0.4 is 21.7 Å². The number of amides is 5. The number of carbonyl (C=O) groups excluding carboxylic acids is 5. The molecule has 2 saturated heterocycles. The number of primary amides is 1. The predicted octanol–water partition coefficient (Wildman–Crippen LogP) is 0.340. The number of rotatable bonds is 7. The summed E-state index contributed by atoms with van der Waals surface area (Å²) in [6.45, 7) is 7.89. The van der Waals surface area contributed by atoms with Crippen molar-refractivity contribution >= 4 is 29.5 Å². The second-order valence-electron chi connectivity index (χ2n) is 12.7. The number of ether oxygens (including phenoxy) is 1. The number of likely N-dealkylation sites (tertiary alicyclic amines) is 1. The molecule has 2 aliphatic carbocycles. The molecule has 11 nitrogen and oxygen atoms in total. The summed E-state index contributed by atoms with van der Waals surface area (Å²) in [7, 11) is 0. The molecule has 5 amide bonds. The maximum atomic E-state index is 13.8. The molecular formula is C26H36F3N5O6. The molecule has 40 heavy (non-hydrogen) atoms. The van der Waals surface area contributed by atoms with Gasteiger partial charge in [-0.1, -0.05) is 32.9 Å². The van der Waals surface area contributed by atoms with E-state index in [9.17, 15) is 37.1 Å². The first-order valence-electron chi connectivity index (χ1n) is 13.3. The summed E-state index contributed by atoms with van der Waals surface area (Å²) in [5, 5.41) is 7.01. The third-order valence-electron chi connectivity index (χ3n) is 8.26. The molecule has 2 bridgehead atoms. The second kappa shape index (κ2) is 10.0. The van der Waals surface area contributed by atoms with Gasteiger partial charge in [-0.05, 0) is 49.4 Å². The van der Waals surface area contributed by atoms with E-state index in [0.29, 0.717) is 0 Å². The van der Waals surface area contributed by atoms with Crippen molar-refractivity contribution in [3.05, 3.63) is 12.2 Å². The van der Waals surface area contributed by atoms with E-state index >= 15 is 0 Å². The van der Waals surface area contributed by atoms with Gasteiger partial charge in [-0.15, -0.1) is 0 Å². The van der Waals surface area contributed by atoms with Crippen molar-refractivity contribution in [2.45, 2.75) is 83.6 Å². The van der Waals surface area contributed by atoms with Crippen LogP contribution in [0.4, 0.5) is 13.2 Å². The van der Waals surface area contributed by atoms with Gasteiger partial charge >= 0.3 is 12.1 Å². The lowest BCUT2D eigenvalue weighted by atomic mass is 9.81. The van der Waals surface area contributed by atoms with Gasteiger partial charge in [0.25, 0.3) is 5.91 Å². The third-order valence-corrected chi connectivity index (χ3v) is 8.26. The minimum absolute atomic E-state index is 0.0434. The zero-order valence-corrected chi connectivity index (χ0v) is 23.0. The van der Waals surface area contributed by atoms with Crippen LogP contribution in [0.5, 0.6) is 0 Å². The van der Waals surface area contributed by atoms with Crippen LogP contribution >= 0.6 is 0 Å². The van der Waals surface area contributed by atoms with Crippen LogP contribution in [0.25, 0.3) is 0 Å². The van der Waals surface area contributed by atoms with Crippen LogP contribution in [-0.2, 0) is 28.7 Å². The normalized spacial score (nSPS) is 31.9. The molecule has 222 valence electrons. The summed E-state index contributed by atoms with van der Waals surface area (Å²) in [4.78, 5) is 65.3. The highest BCUT2D eigenvalue weighted by Gasteiger charge is 2.59. The number of halogens is 3. The minimum Gasteiger partial charge on any atom is -0.368 e. The number of hydrogen-bond donors (Lipinski definition) is 4. The van der Waals surface area contributed by atoms with Gasteiger partial charge in [0.2, 0.25) is 17.7 Å². The molecule has 0 aromatic heterocycles. The van der Waals surface area contributed by atoms with Crippen molar-refractivity contribution in [1.29, 1.82) is 0 Å². The Labute approximate surface area is 229 Å². The maximum Gasteiger partial charge on any atom is 0.471 e. The predicted molar refractivity (Wildman–Crippen MR) is 133 cm³/mol. The Morgan fingerprint density at radius 3 is 2.30 bits per heavy atom. The molecule has 0 spiro atoms. The fourth-order valence-corrected chi connectivity index (χ4v) is 6.50. The van der Waals surface area contributed by atoms with Crippen LogP contribution in [0.15, 0.2) is 12.2 Å². The molecule has 14 heteroatoms. The smallest absolute Gasteiger partial charge is 0.368 e. The average Bonchev–Trinajstić information content (AvgIpc) is 3.55. The van der Waals surface area contributed by atoms with Crippen molar-refractivity contribution in [2.24, 2.45) is 34.8 Å². The van der Waals surface area contributed by atoms with Gasteiger partial charge in [-0.25, -0.2) is 0 Å². The average molecular weight is 572 g/mol. The first-order valence-corrected chi connectivity index (χ1v) is 13.3. The van der Waals surface area contributed by atoms with E-state index in [1.165, 1.54) is 25.7 Å². The first-order chi connectivity index (χ1) is 18.3. The number of fused-ring (bicyclic) bond motifs is 5. The van der Waals surface area contributed by atoms with Gasteiger partial charge in [0.05, 0.1) is 0 Å². The van der Waals surface area contributed by atoms with Crippen LogP contribution in [0.3, 0.4) is 0 Å². The fraction of sp³-hybridized carbons (Fsp3) is 0.731. The van der Waals surface area contributed by atoms with Crippen molar-refractivity contribution in [2.75, 3.05) is 6.54 Å². The zero-order chi connectivity index (χ0) is 29.9. The molecule has 4 aliphatic rings. The van der Waals surface area contributed by atoms with Crippen LogP contribution in [0.2, 0.25) is 0 Å². The van der Waals surface area contributed by atoms with Crippen LogP contribution in [0, 0.1) is 29.1 Å². The molecule has 2 heterocycles. The molecule has 0 aromatic rings. The van der Waals surface area contributed by atoms with Crippen molar-refractivity contribution < 1.29 is 41.9 Å². The molecule has 1 saturated carbocycles. The van der Waals surface area contributed by atoms with E-state index in [4.69, 9.17) is 10.5 Å². The van der Waals surface area contributed by atoms with Gasteiger partial charge in [0.15, 0.2) is 0 Å². The number of nitrogens with one attached hydrogen (secondary N) is 3. The molecule has 4 rings (SSSR count). The quantitative estimate of drug-likeness (QED) is 0.323. The summed E-state index contributed by atoms with van der Waals surface area (Å²) in [5.41, 5.74) is 3.45. The van der Waals surface area contributed by atoms with Crippen molar-refractivity contribution in [3.8, 4) is 0 Å². The maximum absolute atomic E-state index is 13.8. The Morgan fingerprint density at radius 1 is 1.15 bits per heavy atom. The fourth-order valence-electron chi connectivity index (χ4n) is 6.50. The van der Waals surface area contributed by atoms with Gasteiger partial charge in [0, 0.05) is 13.0 Å². The van der Waals surface area contributed by atoms with E-state index in [0.717, 1.165) is 6.42 Å². The van der Waals surface area contributed by atoms with Gasteiger partial charge in [0.1, 0.15) is 30.0 Å². The standard InChI is InChI=1S/C26H36F3N5O6/c1-24(2,3)18(32-23(39)26(27,28)29)22(38)34-10-13-11-6-7-12(8-11)16(13)17(34)21(37)31-14(19(30)35)9-15-20(36)33-25(4,5)40-15/h6-7,11-18H,8-10H2,1-5H3,(H2,30,35)(H,31,37)(H,32,39)(H,33,36)/t11-,12+,13-,14+,15+,16+,17+,18-/m1/s1. The Kier molecular flexibility index (Phi) is 7.48. The van der Waals surface area contributed by atoms with E-state index < -0.39 is 71.1 Å². The number of allylic oxidation sites excluding steroid dienone is 2. The molecule has 0 aromatic carbocycles. The van der Waals surface area contributed by atoms with Crippen molar-refractivity contribution in [3.63, 3.8) is 0 Å². The highest BCUT2D eigenvalue weighted by molar-refractivity contribution is 5.96. The number of hydrogen-bond acceptors (Lipinski definition) is 6. The van der Waals surface area contributed by atoms with E-state index in [1.807, 2.05) is 17.5 Å². The van der Waals surface area contributed by atoms with Crippen LogP contribution in [-0.4, -0.2) is 77.1 Å². The summed E-state index contributed by atoms with van der Waals surface area (Å²) in [6, 6.07) is -4.02. The van der Waals surface area contributed by atoms with E-state index in [2.05, 4.69) is 10.6 Å². The number of carbonyl (C=O) groups is 5. The number of nitrogens with zero attached hydrogens (tertiary/aromatic N) is 1. The highest BCUT2D eigenvalue weighted by Crippen LogP contribution is 2.54. The Bertz CT molecular complexity index is 1130. The monoisotopic (exact) mass is 571 g/mol. The first kappa shape index (κ1) is 29.8. The Hall–Kier alpha value is -3.16. The Morgan fingerprint density at radius 2 is 1.77 bits per heavy atom. The second-order valence-corrected chi connectivity index (χ2v) is 12.7. The van der Waals surface area contributed by atoms with Gasteiger partial charge in [-0.2, -0.15) is 13.2 Å². The summed E-state index contributed by atoms with van der Waals surface area (Å²) in [6.07, 6.45) is -1.75. The van der Waals surface area contributed by atoms with E-state index in [-0.39, 0.29) is 36.6 Å². The Balaban J connectivity index is 1.60. The highest BCUT2D eigenvalue weighted by atomic mass is 19.4. The van der Waals surface area contributed by atoms with E-state index in [1.54, 1.807) is 13.8 Å². The number of nitrogens with two attached hydrogens (primary N) is 1.